The summed E-state index contributed by atoms with van der Waals surface area (Å²) in [7, 11) is 0. The molecule has 2 fully saturated rings. The topological polar surface area (TPSA) is 78.4 Å². The third-order valence-electron chi connectivity index (χ3n) is 6.24. The van der Waals surface area contributed by atoms with Crippen molar-refractivity contribution in [3.8, 4) is 0 Å². The summed E-state index contributed by atoms with van der Waals surface area (Å²) in [6.45, 7) is 8.24. The molecule has 39 heavy (non-hydrogen) atoms. The second-order valence-corrected chi connectivity index (χ2v) is 10.5. The molecular formula is C27H50N6S3Zn3-6. The van der Waals surface area contributed by atoms with Crippen LogP contribution in [0.1, 0.15) is 57.8 Å². The molecular weight excluding hydrogens is 701 g/mol. The molecule has 3 aliphatic heterocycles. The Morgan fingerprint density at radius 3 is 1.41 bits per heavy atom. The molecule has 0 radical (unpaired) electrons. The number of piperidine rings is 2. The van der Waals surface area contributed by atoms with Crippen molar-refractivity contribution in [2.45, 2.75) is 75.9 Å². The third-order valence-corrected chi connectivity index (χ3v) is 6.85. The molecule has 0 aromatic rings. The maximum absolute atomic E-state index is 4.84. The molecule has 0 bridgehead atoms. The van der Waals surface area contributed by atoms with E-state index in [0.29, 0.717) is 18.1 Å². The van der Waals surface area contributed by atoms with Crippen LogP contribution in [0.25, 0.3) is 16.0 Å². The molecule has 2 saturated heterocycles. The average molecular weight is 751 g/mol. The molecule has 218 valence electrons. The molecule has 3 rings (SSSR count). The maximum atomic E-state index is 4.84. The van der Waals surface area contributed by atoms with E-state index in [0.717, 1.165) is 76.0 Å². The van der Waals surface area contributed by atoms with E-state index >= 15 is 0 Å². The SMILES string of the molecule is [S-]CCNCCC1C=CC=C[N-]1.[S-]CCNCCC1CCCC[N-]1.[S-]CCNCCC1CCCC[N-]1.[Zn].[Zn].[Zn]. The molecule has 0 aromatic heterocycles. The van der Waals surface area contributed by atoms with Crippen LogP contribution in [-0.2, 0) is 96.3 Å². The van der Waals surface area contributed by atoms with E-state index in [1.807, 2.05) is 18.4 Å². The van der Waals surface area contributed by atoms with Crippen molar-refractivity contribution in [3.05, 3.63) is 40.4 Å². The van der Waals surface area contributed by atoms with Crippen molar-refractivity contribution >= 4 is 37.9 Å². The van der Waals surface area contributed by atoms with E-state index in [1.54, 1.807) is 0 Å². The quantitative estimate of drug-likeness (QED) is 0.132. The molecule has 3 aliphatic rings. The van der Waals surface area contributed by atoms with Crippen LogP contribution < -0.4 is 16.0 Å². The first-order valence-corrected chi connectivity index (χ1v) is 15.8. The Labute approximate surface area is 295 Å². The number of rotatable bonds is 15. The minimum absolute atomic E-state index is 0. The molecule has 0 spiro atoms. The summed E-state index contributed by atoms with van der Waals surface area (Å²) in [4.78, 5) is 0. The zero-order chi connectivity index (χ0) is 25.9. The molecule has 3 N–H and O–H groups in total. The van der Waals surface area contributed by atoms with Gasteiger partial charge in [0.2, 0.25) is 0 Å². The van der Waals surface area contributed by atoms with Crippen LogP contribution in [0.4, 0.5) is 0 Å². The van der Waals surface area contributed by atoms with Crippen LogP contribution in [0.2, 0.25) is 0 Å². The Morgan fingerprint density at radius 1 is 0.590 bits per heavy atom. The summed E-state index contributed by atoms with van der Waals surface area (Å²) in [6.07, 6.45) is 19.4. The standard InChI is InChI=1S/2C9H19N2S.C9H15N2S.3Zn/c3*12-8-7-10-6-4-9-3-1-2-5-11-9;;;/h2*9-10,12H,1-8H2;1-3,5,9-10,12H,4,6-8H2;;;/q3*-1;;;/p-3. The van der Waals surface area contributed by atoms with Gasteiger partial charge < -0.3 is 69.8 Å². The zero-order valence-electron chi connectivity index (χ0n) is 24.4. The van der Waals surface area contributed by atoms with Gasteiger partial charge in [0.1, 0.15) is 0 Å². The van der Waals surface area contributed by atoms with Gasteiger partial charge in [-0.25, -0.2) is 0 Å². The van der Waals surface area contributed by atoms with Crippen LogP contribution in [0.15, 0.2) is 24.4 Å². The summed E-state index contributed by atoms with van der Waals surface area (Å²) in [5, 5.41) is 23.3. The zero-order valence-corrected chi connectivity index (χ0v) is 35.7. The second-order valence-electron chi connectivity index (χ2n) is 9.28. The fourth-order valence-electron chi connectivity index (χ4n) is 4.19. The van der Waals surface area contributed by atoms with Crippen LogP contribution in [0.3, 0.4) is 0 Å². The maximum Gasteiger partial charge on any atom is 0 e. The molecule has 3 unspecified atom stereocenters. The average Bonchev–Trinajstić information content (AvgIpc) is 2.94. The summed E-state index contributed by atoms with van der Waals surface area (Å²) < 4.78 is 0. The van der Waals surface area contributed by atoms with Crippen LogP contribution >= 0.6 is 0 Å². The fourth-order valence-corrected chi connectivity index (χ4v) is 4.62. The first kappa shape index (κ1) is 45.4. The Kier molecular flexibility index (Phi) is 42.2. The molecule has 0 amide bonds. The minimum Gasteiger partial charge on any atom is -0.791 e. The Hall–Kier alpha value is 2.00. The molecule has 3 atom stereocenters. The van der Waals surface area contributed by atoms with Gasteiger partial charge in [0.15, 0.2) is 0 Å². The summed E-state index contributed by atoms with van der Waals surface area (Å²) in [5.74, 6) is 2.43. The second kappa shape index (κ2) is 36.2. The van der Waals surface area contributed by atoms with E-state index in [1.165, 1.54) is 51.4 Å². The van der Waals surface area contributed by atoms with Gasteiger partial charge in [0, 0.05) is 58.4 Å². The molecule has 0 aliphatic carbocycles. The van der Waals surface area contributed by atoms with Crippen molar-refractivity contribution in [2.24, 2.45) is 0 Å². The van der Waals surface area contributed by atoms with Gasteiger partial charge in [-0.3, -0.25) is 0 Å². The number of hydrogen-bond acceptors (Lipinski definition) is 6. The fraction of sp³-hybridized carbons (Fsp3) is 0.852. The number of nitrogens with one attached hydrogen (secondary N) is 3. The first-order valence-electron chi connectivity index (χ1n) is 14.0. The third kappa shape index (κ3) is 29.8. The van der Waals surface area contributed by atoms with Gasteiger partial charge >= 0.3 is 0 Å². The summed E-state index contributed by atoms with van der Waals surface area (Å²) in [6, 6.07) is 1.64. The number of hydrogen-bond donors (Lipinski definition) is 3. The van der Waals surface area contributed by atoms with E-state index < -0.39 is 0 Å². The van der Waals surface area contributed by atoms with Gasteiger partial charge in [0.25, 0.3) is 0 Å². The van der Waals surface area contributed by atoms with Crippen molar-refractivity contribution in [2.75, 3.05) is 69.6 Å². The van der Waals surface area contributed by atoms with Gasteiger partial charge in [-0.1, -0.05) is 82.1 Å². The summed E-state index contributed by atoms with van der Waals surface area (Å²) >= 11 is 14.5. The number of nitrogens with zero attached hydrogens (tertiary/aromatic N) is 3. The van der Waals surface area contributed by atoms with Crippen molar-refractivity contribution in [1.82, 2.24) is 16.0 Å². The molecule has 0 saturated carbocycles. The Bertz CT molecular complexity index is 501. The smallest absolute Gasteiger partial charge is 0 e. The van der Waals surface area contributed by atoms with E-state index in [9.17, 15) is 0 Å². The van der Waals surface area contributed by atoms with E-state index in [-0.39, 0.29) is 58.4 Å². The largest absolute Gasteiger partial charge is 0.791 e. The van der Waals surface area contributed by atoms with Crippen LogP contribution in [-0.4, -0.2) is 87.7 Å². The van der Waals surface area contributed by atoms with Gasteiger partial charge in [-0.2, -0.15) is 23.5 Å². The first-order chi connectivity index (χ1) is 17.8. The summed E-state index contributed by atoms with van der Waals surface area (Å²) in [5.41, 5.74) is 0. The van der Waals surface area contributed by atoms with Gasteiger partial charge in [0.05, 0.1) is 0 Å². The molecule has 6 nitrogen and oxygen atoms in total. The van der Waals surface area contributed by atoms with Gasteiger partial charge in [-0.15, -0.1) is 25.2 Å². The van der Waals surface area contributed by atoms with Crippen LogP contribution in [0, 0.1) is 0 Å². The minimum atomic E-state index is 0. The monoisotopic (exact) mass is 746 g/mol. The Balaban J connectivity index is -0.000000480. The molecule has 12 heteroatoms. The van der Waals surface area contributed by atoms with E-state index in [4.69, 9.17) is 37.9 Å². The molecule has 3 heterocycles. The van der Waals surface area contributed by atoms with Crippen molar-refractivity contribution < 1.29 is 58.4 Å². The predicted octanol–water partition coefficient (Wildman–Crippen LogP) is 4.21. The van der Waals surface area contributed by atoms with Crippen molar-refractivity contribution in [1.29, 1.82) is 0 Å². The van der Waals surface area contributed by atoms with Crippen molar-refractivity contribution in [3.63, 3.8) is 0 Å². The predicted molar refractivity (Wildman–Crippen MR) is 166 cm³/mol. The van der Waals surface area contributed by atoms with E-state index in [2.05, 4.69) is 38.0 Å². The normalized spacial score (nSPS) is 21.4. The molecule has 0 aromatic carbocycles. The Morgan fingerprint density at radius 2 is 1.05 bits per heavy atom. The van der Waals surface area contributed by atoms with Crippen LogP contribution in [0.5, 0.6) is 0 Å². The number of allylic oxidation sites excluding steroid dienone is 2. The van der Waals surface area contributed by atoms with Gasteiger partial charge in [-0.05, 0) is 39.3 Å².